The van der Waals surface area contributed by atoms with Gasteiger partial charge in [0.05, 0.1) is 17.1 Å². The first-order valence-electron chi connectivity index (χ1n) is 13.1. The highest BCUT2D eigenvalue weighted by Gasteiger charge is 2.30. The maximum absolute atomic E-state index is 13.1. The van der Waals surface area contributed by atoms with Gasteiger partial charge in [0, 0.05) is 36.3 Å². The molecule has 2 atom stereocenters. The number of hydrogen-bond donors (Lipinski definition) is 2. The molecule has 7 nitrogen and oxygen atoms in total. The van der Waals surface area contributed by atoms with Gasteiger partial charge in [-0.3, -0.25) is 14.9 Å². The van der Waals surface area contributed by atoms with Crippen LogP contribution in [0.3, 0.4) is 0 Å². The van der Waals surface area contributed by atoms with Crippen molar-refractivity contribution in [3.05, 3.63) is 58.6 Å². The SMILES string of the molecule is CC#CC(=O)N1CCCC1Cn1c(NC(=O)c2ccc(Cl)cc2)nc2cc(CNC(C)C(C)(C)C)ccc21. The lowest BCUT2D eigenvalue weighted by Gasteiger charge is -2.28. The summed E-state index contributed by atoms with van der Waals surface area (Å²) in [4.78, 5) is 32.4. The number of likely N-dealkylation sites (tertiary alicyclic amines) is 1. The minimum Gasteiger partial charge on any atom is -0.327 e. The molecule has 1 aliphatic rings. The molecule has 2 unspecified atom stereocenters. The Hall–Kier alpha value is -3.34. The number of carbonyl (C=O) groups excluding carboxylic acids is 2. The topological polar surface area (TPSA) is 79.3 Å². The molecule has 1 saturated heterocycles. The van der Waals surface area contributed by atoms with E-state index in [1.54, 1.807) is 31.2 Å². The van der Waals surface area contributed by atoms with Crippen molar-refractivity contribution in [2.24, 2.45) is 5.41 Å². The van der Waals surface area contributed by atoms with Crippen molar-refractivity contribution in [2.45, 2.75) is 72.6 Å². The smallest absolute Gasteiger partial charge is 0.298 e. The average Bonchev–Trinajstić information content (AvgIpc) is 3.47. The number of amides is 2. The first-order chi connectivity index (χ1) is 18.1. The van der Waals surface area contributed by atoms with Gasteiger partial charge in [-0.15, -0.1) is 0 Å². The minimum atomic E-state index is -0.268. The number of aromatic nitrogens is 2. The number of benzene rings is 2. The summed E-state index contributed by atoms with van der Waals surface area (Å²) < 4.78 is 2.01. The highest BCUT2D eigenvalue weighted by molar-refractivity contribution is 6.30. The summed E-state index contributed by atoms with van der Waals surface area (Å²) in [6.07, 6.45) is 1.79. The molecule has 0 saturated carbocycles. The van der Waals surface area contributed by atoms with Gasteiger partial charge < -0.3 is 14.8 Å². The fourth-order valence-corrected chi connectivity index (χ4v) is 4.73. The number of nitrogens with zero attached hydrogens (tertiary/aromatic N) is 3. The molecule has 0 bridgehead atoms. The van der Waals surface area contributed by atoms with Crippen LogP contribution in [0.4, 0.5) is 5.95 Å². The van der Waals surface area contributed by atoms with E-state index in [4.69, 9.17) is 16.6 Å². The van der Waals surface area contributed by atoms with E-state index in [0.717, 1.165) is 29.4 Å². The summed E-state index contributed by atoms with van der Waals surface area (Å²) in [5, 5.41) is 7.16. The Morgan fingerprint density at radius 1 is 1.18 bits per heavy atom. The molecule has 4 rings (SSSR count). The third-order valence-corrected chi connectivity index (χ3v) is 7.57. The van der Waals surface area contributed by atoms with Crippen LogP contribution < -0.4 is 10.6 Å². The molecule has 8 heteroatoms. The molecule has 200 valence electrons. The van der Waals surface area contributed by atoms with Crippen molar-refractivity contribution in [1.29, 1.82) is 0 Å². The van der Waals surface area contributed by atoms with E-state index >= 15 is 0 Å². The zero-order valence-corrected chi connectivity index (χ0v) is 23.5. The zero-order chi connectivity index (χ0) is 27.4. The maximum atomic E-state index is 13.1. The summed E-state index contributed by atoms with van der Waals surface area (Å²) in [5.74, 6) is 5.41. The van der Waals surface area contributed by atoms with Gasteiger partial charge in [-0.1, -0.05) is 44.4 Å². The van der Waals surface area contributed by atoms with Crippen LogP contribution >= 0.6 is 11.6 Å². The molecule has 0 radical (unpaired) electrons. The Morgan fingerprint density at radius 3 is 2.61 bits per heavy atom. The summed E-state index contributed by atoms with van der Waals surface area (Å²) in [6, 6.07) is 13.3. The fourth-order valence-electron chi connectivity index (χ4n) is 4.60. The van der Waals surface area contributed by atoms with Gasteiger partial charge in [0.1, 0.15) is 0 Å². The third kappa shape index (κ3) is 6.38. The monoisotopic (exact) mass is 533 g/mol. The van der Waals surface area contributed by atoms with Crippen molar-refractivity contribution in [2.75, 3.05) is 11.9 Å². The molecule has 2 heterocycles. The van der Waals surface area contributed by atoms with Crippen molar-refractivity contribution >= 4 is 40.4 Å². The average molecular weight is 534 g/mol. The first kappa shape index (κ1) is 27.7. The Labute approximate surface area is 229 Å². The second kappa shape index (κ2) is 11.6. The number of halogens is 1. The molecule has 38 heavy (non-hydrogen) atoms. The van der Waals surface area contributed by atoms with Crippen LogP contribution in [0, 0.1) is 17.3 Å². The number of imidazole rings is 1. The second-order valence-electron chi connectivity index (χ2n) is 11.0. The van der Waals surface area contributed by atoms with Crippen molar-refractivity contribution in [3.8, 4) is 11.8 Å². The lowest BCUT2D eigenvalue weighted by Crippen LogP contribution is -2.37. The Bertz CT molecular complexity index is 1380. The van der Waals surface area contributed by atoms with E-state index in [2.05, 4.69) is 62.3 Å². The van der Waals surface area contributed by atoms with Crippen LogP contribution in [0.2, 0.25) is 5.02 Å². The number of fused-ring (bicyclic) bond motifs is 1. The summed E-state index contributed by atoms with van der Waals surface area (Å²) in [6.45, 7) is 12.4. The normalized spacial score (nSPS) is 16.3. The van der Waals surface area contributed by atoms with E-state index in [1.807, 2.05) is 15.5 Å². The Morgan fingerprint density at radius 2 is 1.92 bits per heavy atom. The second-order valence-corrected chi connectivity index (χ2v) is 11.4. The predicted molar refractivity (Wildman–Crippen MR) is 153 cm³/mol. The fraction of sp³-hybridized carbons (Fsp3) is 0.433. The van der Waals surface area contributed by atoms with E-state index in [9.17, 15) is 9.59 Å². The first-order valence-corrected chi connectivity index (χ1v) is 13.5. The molecular weight excluding hydrogens is 498 g/mol. The molecule has 0 spiro atoms. The molecule has 2 N–H and O–H groups in total. The highest BCUT2D eigenvalue weighted by atomic mass is 35.5. The molecule has 0 aliphatic carbocycles. The van der Waals surface area contributed by atoms with Crippen molar-refractivity contribution in [3.63, 3.8) is 0 Å². The molecule has 1 fully saturated rings. The van der Waals surface area contributed by atoms with Crippen LogP contribution in [-0.4, -0.2) is 44.9 Å². The summed E-state index contributed by atoms with van der Waals surface area (Å²) in [7, 11) is 0. The maximum Gasteiger partial charge on any atom is 0.298 e. The third-order valence-electron chi connectivity index (χ3n) is 7.32. The van der Waals surface area contributed by atoms with Crippen LogP contribution in [-0.2, 0) is 17.9 Å². The summed E-state index contributed by atoms with van der Waals surface area (Å²) >= 11 is 6.00. The van der Waals surface area contributed by atoms with E-state index in [1.165, 1.54) is 0 Å². The number of nitrogens with one attached hydrogen (secondary N) is 2. The van der Waals surface area contributed by atoms with Crippen molar-refractivity contribution in [1.82, 2.24) is 19.8 Å². The summed E-state index contributed by atoms with van der Waals surface area (Å²) in [5.41, 5.74) is 3.46. The molecule has 1 aromatic heterocycles. The minimum absolute atomic E-state index is 0.0269. The highest BCUT2D eigenvalue weighted by Crippen LogP contribution is 2.27. The number of hydrogen-bond acceptors (Lipinski definition) is 4. The molecular formula is C30H36ClN5O2. The van der Waals surface area contributed by atoms with Crippen LogP contribution in [0.5, 0.6) is 0 Å². The van der Waals surface area contributed by atoms with Gasteiger partial charge in [-0.2, -0.15) is 0 Å². The van der Waals surface area contributed by atoms with Gasteiger partial charge in [0.15, 0.2) is 0 Å². The largest absolute Gasteiger partial charge is 0.327 e. The number of rotatable bonds is 7. The standard InChI is InChI=1S/C30H36ClN5O2/c1-6-8-27(37)35-16-7-9-24(35)19-36-26-15-10-21(18-32-20(2)30(3,4)5)17-25(26)33-29(36)34-28(38)22-11-13-23(31)14-12-22/h10-15,17,20,24,32H,7,9,16,18-19H2,1-5H3,(H,33,34,38). The van der Waals surface area contributed by atoms with E-state index < -0.39 is 0 Å². The molecule has 1 aliphatic heterocycles. The quantitative estimate of drug-likeness (QED) is 0.394. The Balaban J connectivity index is 1.65. The van der Waals surface area contributed by atoms with Gasteiger partial charge >= 0.3 is 0 Å². The van der Waals surface area contributed by atoms with Gasteiger partial charge in [-0.05, 0) is 80.0 Å². The number of anilines is 1. The lowest BCUT2D eigenvalue weighted by atomic mass is 9.88. The van der Waals surface area contributed by atoms with Crippen LogP contribution in [0.1, 0.15) is 63.4 Å². The zero-order valence-electron chi connectivity index (χ0n) is 22.8. The predicted octanol–water partition coefficient (Wildman–Crippen LogP) is 5.48. The lowest BCUT2D eigenvalue weighted by molar-refractivity contribution is -0.126. The van der Waals surface area contributed by atoms with E-state index in [-0.39, 0.29) is 23.3 Å². The molecule has 2 amide bonds. The van der Waals surface area contributed by atoms with Crippen LogP contribution in [0.15, 0.2) is 42.5 Å². The molecule has 3 aromatic rings. The Kier molecular flexibility index (Phi) is 8.44. The van der Waals surface area contributed by atoms with Gasteiger partial charge in [0.2, 0.25) is 5.95 Å². The number of carbonyl (C=O) groups is 2. The van der Waals surface area contributed by atoms with Gasteiger partial charge in [-0.25, -0.2) is 4.98 Å². The van der Waals surface area contributed by atoms with Gasteiger partial charge in [0.25, 0.3) is 11.8 Å². The van der Waals surface area contributed by atoms with Crippen LogP contribution in [0.25, 0.3) is 11.0 Å². The van der Waals surface area contributed by atoms with E-state index in [0.29, 0.717) is 42.2 Å². The van der Waals surface area contributed by atoms with Crippen molar-refractivity contribution < 1.29 is 9.59 Å². The molecule has 2 aromatic carbocycles.